The van der Waals surface area contributed by atoms with Gasteiger partial charge >= 0.3 is 0 Å². The summed E-state index contributed by atoms with van der Waals surface area (Å²) in [5.41, 5.74) is 0. The molecule has 0 spiro atoms. The summed E-state index contributed by atoms with van der Waals surface area (Å²) in [6, 6.07) is 0. The summed E-state index contributed by atoms with van der Waals surface area (Å²) in [7, 11) is 4.03. The Morgan fingerprint density at radius 2 is 2.23 bits per heavy atom. The molecule has 1 aliphatic rings. The summed E-state index contributed by atoms with van der Waals surface area (Å²) in [6.07, 6.45) is 5.67. The smallest absolute Gasteiger partial charge is 0.129 e. The topological polar surface area (TPSA) is 17.1 Å². The lowest BCUT2D eigenvalue weighted by molar-refractivity contribution is -0.117. The molecule has 0 amide bonds. The van der Waals surface area contributed by atoms with Gasteiger partial charge in [0, 0.05) is 16.9 Å². The zero-order valence-corrected chi connectivity index (χ0v) is 10.1. The minimum Gasteiger partial charge on any atom is -0.300 e. The van der Waals surface area contributed by atoms with Crippen molar-refractivity contribution < 1.29 is 4.79 Å². The Balaban J connectivity index is 2.07. The average Bonchev–Trinajstić information content (AvgIpc) is 2.47. The molecule has 1 saturated heterocycles. The van der Waals surface area contributed by atoms with Gasteiger partial charge in [0.05, 0.1) is 0 Å². The van der Waals surface area contributed by atoms with Crippen LogP contribution in [0.1, 0.15) is 46.0 Å². The number of hydrogen-bond donors (Lipinski definition) is 0. The minimum atomic E-state index is 0.332. The highest BCUT2D eigenvalue weighted by molar-refractivity contribution is 8.77. The van der Waals surface area contributed by atoms with E-state index in [4.69, 9.17) is 0 Å². The van der Waals surface area contributed by atoms with E-state index in [1.54, 1.807) is 6.92 Å². The molecule has 76 valence electrons. The molecule has 1 unspecified atom stereocenters. The summed E-state index contributed by atoms with van der Waals surface area (Å²) >= 11 is 0. The maximum Gasteiger partial charge on any atom is 0.129 e. The highest BCUT2D eigenvalue weighted by Crippen LogP contribution is 2.49. The lowest BCUT2D eigenvalue weighted by Gasteiger charge is -2.20. The minimum absolute atomic E-state index is 0.332. The summed E-state index contributed by atoms with van der Waals surface area (Å²) in [5, 5.41) is 0. The second-order valence-corrected chi connectivity index (χ2v) is 7.02. The zero-order chi connectivity index (χ0) is 9.73. The lowest BCUT2D eigenvalue weighted by atomic mass is 9.99. The summed E-state index contributed by atoms with van der Waals surface area (Å²) in [6.45, 7) is 4.04. The van der Waals surface area contributed by atoms with Crippen LogP contribution in [0.3, 0.4) is 0 Å². The van der Waals surface area contributed by atoms with Crippen molar-refractivity contribution in [2.24, 2.45) is 0 Å². The van der Waals surface area contributed by atoms with Crippen molar-refractivity contribution in [2.45, 2.75) is 50.7 Å². The van der Waals surface area contributed by atoms with E-state index in [1.165, 1.54) is 25.0 Å². The molecule has 0 aliphatic carbocycles. The van der Waals surface area contributed by atoms with E-state index in [2.05, 4.69) is 6.92 Å². The Labute approximate surface area is 88.8 Å². The van der Waals surface area contributed by atoms with Crippen LogP contribution in [-0.2, 0) is 4.79 Å². The van der Waals surface area contributed by atoms with E-state index >= 15 is 0 Å². The van der Waals surface area contributed by atoms with E-state index in [-0.39, 0.29) is 0 Å². The Bertz CT molecular complexity index is 174. The molecule has 1 heterocycles. The van der Waals surface area contributed by atoms with Gasteiger partial charge in [-0.25, -0.2) is 0 Å². The van der Waals surface area contributed by atoms with Gasteiger partial charge in [-0.1, -0.05) is 28.0 Å². The van der Waals surface area contributed by atoms with E-state index in [9.17, 15) is 4.79 Å². The van der Waals surface area contributed by atoms with Crippen molar-refractivity contribution in [3.8, 4) is 0 Å². The first kappa shape index (κ1) is 11.4. The largest absolute Gasteiger partial charge is 0.300 e. The lowest BCUT2D eigenvalue weighted by Crippen LogP contribution is -2.15. The molecule has 0 aromatic carbocycles. The Kier molecular flexibility index (Phi) is 4.67. The van der Waals surface area contributed by atoms with Crippen LogP contribution in [0, 0.1) is 0 Å². The molecule has 0 aromatic heterocycles. The number of Topliss-reactive ketones (excluding diaryl/α,β-unsaturated/α-hetero) is 1. The van der Waals surface area contributed by atoms with Crippen LogP contribution in [0.2, 0.25) is 0 Å². The average molecular weight is 218 g/mol. The van der Waals surface area contributed by atoms with Crippen molar-refractivity contribution in [1.82, 2.24) is 0 Å². The molecule has 0 bridgehead atoms. The Hall–Kier alpha value is 0.370. The number of rotatable bonds is 5. The first-order valence-corrected chi connectivity index (χ1v) is 7.24. The summed E-state index contributed by atoms with van der Waals surface area (Å²) < 4.78 is 0.501. The fraction of sp³-hybridized carbons (Fsp3) is 0.900. The molecule has 0 aromatic rings. The molecular formula is C10H18OS2. The zero-order valence-electron chi connectivity index (χ0n) is 8.47. The van der Waals surface area contributed by atoms with Crippen molar-refractivity contribution in [2.75, 3.05) is 5.75 Å². The first-order chi connectivity index (χ1) is 6.12. The molecule has 0 saturated carbocycles. The van der Waals surface area contributed by atoms with Gasteiger partial charge in [0.15, 0.2) is 0 Å². The number of ketones is 1. The highest BCUT2D eigenvalue weighted by atomic mass is 33.1. The third-order valence-corrected chi connectivity index (χ3v) is 5.82. The van der Waals surface area contributed by atoms with Crippen molar-refractivity contribution >= 4 is 27.4 Å². The van der Waals surface area contributed by atoms with Crippen molar-refractivity contribution in [3.63, 3.8) is 0 Å². The fourth-order valence-electron chi connectivity index (χ4n) is 1.52. The van der Waals surface area contributed by atoms with Crippen LogP contribution < -0.4 is 0 Å². The predicted molar refractivity (Wildman–Crippen MR) is 62.2 cm³/mol. The SMILES string of the molecule is CC(=O)CCCCC1(C)CCSS1. The van der Waals surface area contributed by atoms with Crippen LogP contribution in [0.4, 0.5) is 0 Å². The molecule has 13 heavy (non-hydrogen) atoms. The summed E-state index contributed by atoms with van der Waals surface area (Å²) in [4.78, 5) is 10.7. The predicted octanol–water partition coefficient (Wildman–Crippen LogP) is 3.68. The van der Waals surface area contributed by atoms with Crippen LogP contribution in [0.25, 0.3) is 0 Å². The molecule has 1 rings (SSSR count). The molecule has 1 nitrogen and oxygen atoms in total. The van der Waals surface area contributed by atoms with Gasteiger partial charge in [0.25, 0.3) is 0 Å². The summed E-state index contributed by atoms with van der Waals surface area (Å²) in [5.74, 6) is 1.63. The van der Waals surface area contributed by atoms with Gasteiger partial charge in [0.1, 0.15) is 5.78 Å². The standard InChI is InChI=1S/C10H18OS2/c1-9(11)5-3-4-6-10(2)7-8-12-13-10/h3-8H2,1-2H3. The number of unbranched alkanes of at least 4 members (excludes halogenated alkanes) is 1. The molecule has 1 aliphatic heterocycles. The van der Waals surface area contributed by atoms with Crippen LogP contribution >= 0.6 is 21.6 Å². The molecule has 1 atom stereocenters. The number of carbonyl (C=O) groups excluding carboxylic acids is 1. The fourth-order valence-corrected chi connectivity index (χ4v) is 4.82. The van der Waals surface area contributed by atoms with Crippen molar-refractivity contribution in [3.05, 3.63) is 0 Å². The Morgan fingerprint density at radius 3 is 2.77 bits per heavy atom. The maximum absolute atomic E-state index is 10.7. The van der Waals surface area contributed by atoms with Gasteiger partial charge in [-0.3, -0.25) is 0 Å². The van der Waals surface area contributed by atoms with Crippen LogP contribution in [0.5, 0.6) is 0 Å². The quantitative estimate of drug-likeness (QED) is 0.517. The third kappa shape index (κ3) is 4.41. The third-order valence-electron chi connectivity index (χ3n) is 2.46. The van der Waals surface area contributed by atoms with Crippen LogP contribution in [0.15, 0.2) is 0 Å². The van der Waals surface area contributed by atoms with Crippen LogP contribution in [-0.4, -0.2) is 16.3 Å². The second-order valence-electron chi connectivity index (χ2n) is 4.01. The Morgan fingerprint density at radius 1 is 1.46 bits per heavy atom. The number of carbonyl (C=O) groups is 1. The highest BCUT2D eigenvalue weighted by Gasteiger charge is 2.29. The monoisotopic (exact) mass is 218 g/mol. The van der Waals surface area contributed by atoms with Gasteiger partial charge < -0.3 is 4.79 Å². The molecule has 0 radical (unpaired) electrons. The molecule has 1 fully saturated rings. The van der Waals surface area contributed by atoms with Crippen molar-refractivity contribution in [1.29, 1.82) is 0 Å². The van der Waals surface area contributed by atoms with E-state index in [1.807, 2.05) is 21.6 Å². The van der Waals surface area contributed by atoms with E-state index in [0.29, 0.717) is 10.5 Å². The maximum atomic E-state index is 10.7. The van der Waals surface area contributed by atoms with Gasteiger partial charge in [-0.05, 0) is 33.1 Å². The van der Waals surface area contributed by atoms with Gasteiger partial charge in [-0.2, -0.15) is 0 Å². The number of hydrogen-bond acceptors (Lipinski definition) is 3. The van der Waals surface area contributed by atoms with E-state index < -0.39 is 0 Å². The molecule has 0 N–H and O–H groups in total. The van der Waals surface area contributed by atoms with E-state index in [0.717, 1.165) is 12.8 Å². The normalized spacial score (nSPS) is 27.8. The first-order valence-electron chi connectivity index (χ1n) is 4.92. The van der Waals surface area contributed by atoms with Gasteiger partial charge in [0.2, 0.25) is 0 Å². The van der Waals surface area contributed by atoms with Gasteiger partial charge in [-0.15, -0.1) is 0 Å². The molecular weight excluding hydrogens is 200 g/mol. The second kappa shape index (κ2) is 5.30. The molecule has 3 heteroatoms.